The van der Waals surface area contributed by atoms with Crippen molar-refractivity contribution in [1.82, 2.24) is 17.9 Å². The van der Waals surface area contributed by atoms with Gasteiger partial charge in [-0.1, -0.05) is 20.8 Å². The molecule has 0 unspecified atom stereocenters. The molecule has 0 aliphatic carbocycles. The quantitative estimate of drug-likeness (QED) is 0.292. The molecule has 0 saturated heterocycles. The van der Waals surface area contributed by atoms with Crippen LogP contribution in [0.2, 0.25) is 0 Å². The van der Waals surface area contributed by atoms with Crippen LogP contribution in [0.3, 0.4) is 0 Å². The lowest BCUT2D eigenvalue weighted by Crippen LogP contribution is -2.60. The molecule has 5 heteroatoms. The van der Waals surface area contributed by atoms with Gasteiger partial charge in [-0.2, -0.15) is 0 Å². The van der Waals surface area contributed by atoms with Crippen molar-refractivity contribution in [3.63, 3.8) is 0 Å². The van der Waals surface area contributed by atoms with Crippen LogP contribution in [-0.2, 0) is 5.41 Å². The van der Waals surface area contributed by atoms with Gasteiger partial charge in [0.25, 0.3) is 6.71 Å². The van der Waals surface area contributed by atoms with E-state index in [-0.39, 0.29) is 12.1 Å². The lowest BCUT2D eigenvalue weighted by atomic mass is 9.34. The third kappa shape index (κ3) is 2.10. The Labute approximate surface area is 208 Å². The number of aryl methyl sites for hydroxylation is 4. The maximum atomic E-state index is 2.57. The fourth-order valence-electron chi connectivity index (χ4n) is 7.28. The summed E-state index contributed by atoms with van der Waals surface area (Å²) in [5.74, 6) is 0. The lowest BCUT2D eigenvalue weighted by Gasteiger charge is -2.34. The smallest absolute Gasteiger partial charge is 0.257 e. The van der Waals surface area contributed by atoms with Gasteiger partial charge in [-0.3, -0.25) is 9.13 Å². The average Bonchev–Trinajstić information content (AvgIpc) is 3.40. The molecule has 6 heterocycles. The van der Waals surface area contributed by atoms with Gasteiger partial charge < -0.3 is 8.80 Å². The molecule has 4 aromatic heterocycles. The predicted octanol–water partition coefficient (Wildman–Crippen LogP) is 4.68. The number of benzene rings is 1. The molecule has 4 nitrogen and oxygen atoms in total. The molecule has 178 valence electrons. The molecule has 0 saturated carbocycles. The number of fused-ring (bicyclic) bond motifs is 4. The Balaban J connectivity index is 1.81. The first-order chi connectivity index (χ1) is 16.4. The normalized spacial score (nSPS) is 14.1. The van der Waals surface area contributed by atoms with Crippen molar-refractivity contribution < 1.29 is 0 Å². The van der Waals surface area contributed by atoms with Crippen LogP contribution >= 0.6 is 0 Å². The molecule has 0 bridgehead atoms. The molecule has 35 heavy (non-hydrogen) atoms. The Morgan fingerprint density at radius 1 is 0.543 bits per heavy atom. The topological polar surface area (TPSA) is 18.7 Å². The van der Waals surface area contributed by atoms with E-state index in [0.29, 0.717) is 0 Å². The summed E-state index contributed by atoms with van der Waals surface area (Å²) in [4.78, 5) is 0. The minimum absolute atomic E-state index is 0.0576. The van der Waals surface area contributed by atoms with Crippen LogP contribution in [0.25, 0.3) is 22.7 Å². The van der Waals surface area contributed by atoms with Crippen LogP contribution in [0.1, 0.15) is 71.6 Å². The average molecular weight is 462 g/mol. The SMILES string of the molecule is Cc1c2c3n(c(C)c(C)n3c1C)-c1cc(C(C)(C)C)cc3c1B2c1c(C)c(C)n2c(C)c(C)n-3c12. The maximum absolute atomic E-state index is 2.57. The van der Waals surface area contributed by atoms with E-state index in [4.69, 9.17) is 0 Å². The second-order valence-electron chi connectivity index (χ2n) is 12.2. The number of nitrogens with zero attached hydrogens (tertiary/aromatic N) is 4. The molecule has 0 amide bonds. The number of hydrogen-bond donors (Lipinski definition) is 0. The van der Waals surface area contributed by atoms with Gasteiger partial charge in [-0.05, 0) is 106 Å². The van der Waals surface area contributed by atoms with Gasteiger partial charge >= 0.3 is 0 Å². The molecule has 5 aromatic rings. The van der Waals surface area contributed by atoms with Crippen LogP contribution < -0.4 is 16.4 Å². The second-order valence-corrected chi connectivity index (χ2v) is 12.2. The minimum Gasteiger partial charge on any atom is -0.303 e. The third-order valence-corrected chi connectivity index (χ3v) is 9.63. The van der Waals surface area contributed by atoms with Crippen molar-refractivity contribution in [2.24, 2.45) is 0 Å². The molecule has 1 aromatic carbocycles. The molecular weight excluding hydrogens is 427 g/mol. The summed E-state index contributed by atoms with van der Waals surface area (Å²) < 4.78 is 10.2. The summed E-state index contributed by atoms with van der Waals surface area (Å²) in [5.41, 5.74) is 22.4. The monoisotopic (exact) mass is 462 g/mol. The Hall–Kier alpha value is -3.08. The standard InChI is InChI=1S/C30H35BN4/c1-14-16(3)32-18(5)20(7)34-23-12-22(30(9,10)11)13-24-27(23)31(25(14)28(32)34)26-15(2)17(4)33-19(6)21(8)35(24)29(26)33/h12-13H,1-11H3. The first-order valence-electron chi connectivity index (χ1n) is 13.0. The van der Waals surface area contributed by atoms with E-state index in [9.17, 15) is 0 Å². The van der Waals surface area contributed by atoms with Crippen LogP contribution in [0.5, 0.6) is 0 Å². The summed E-state index contributed by atoms with van der Waals surface area (Å²) >= 11 is 0. The maximum Gasteiger partial charge on any atom is 0.257 e. The van der Waals surface area contributed by atoms with E-state index in [1.165, 1.54) is 89.9 Å². The second kappa shape index (κ2) is 6.00. The lowest BCUT2D eigenvalue weighted by molar-refractivity contribution is 0.589. The van der Waals surface area contributed by atoms with Crippen LogP contribution in [-0.4, -0.2) is 24.6 Å². The fraction of sp³-hybridized carbons (Fsp3) is 0.400. The number of imidazole rings is 2. The molecule has 0 N–H and O–H groups in total. The molecule has 7 rings (SSSR count). The minimum atomic E-state index is 0.0576. The highest BCUT2D eigenvalue weighted by Crippen LogP contribution is 2.37. The van der Waals surface area contributed by atoms with E-state index in [1.807, 2.05) is 0 Å². The van der Waals surface area contributed by atoms with Crippen molar-refractivity contribution >= 4 is 34.4 Å². The zero-order valence-corrected chi connectivity index (χ0v) is 23.0. The summed E-state index contributed by atoms with van der Waals surface area (Å²) in [7, 11) is 0. The molecule has 0 fully saturated rings. The molecule has 0 radical (unpaired) electrons. The van der Waals surface area contributed by atoms with Gasteiger partial charge in [0.1, 0.15) is 11.3 Å². The van der Waals surface area contributed by atoms with Gasteiger partial charge in [0.05, 0.1) is 0 Å². The van der Waals surface area contributed by atoms with Crippen molar-refractivity contribution in [2.45, 2.75) is 81.6 Å². The van der Waals surface area contributed by atoms with Crippen molar-refractivity contribution in [3.05, 3.63) is 63.0 Å². The highest BCUT2D eigenvalue weighted by Gasteiger charge is 2.45. The zero-order valence-electron chi connectivity index (χ0n) is 23.0. The van der Waals surface area contributed by atoms with Gasteiger partial charge in [0.2, 0.25) is 0 Å². The van der Waals surface area contributed by atoms with Crippen molar-refractivity contribution in [1.29, 1.82) is 0 Å². The summed E-state index contributed by atoms with van der Waals surface area (Å²) in [6, 6.07) is 4.98. The fourth-order valence-corrected chi connectivity index (χ4v) is 7.28. The van der Waals surface area contributed by atoms with Crippen molar-refractivity contribution in [3.8, 4) is 11.4 Å². The Morgan fingerprint density at radius 2 is 0.943 bits per heavy atom. The summed E-state index contributed by atoms with van der Waals surface area (Å²) in [5, 5.41) is 0. The summed E-state index contributed by atoms with van der Waals surface area (Å²) in [6.45, 7) is 25.7. The molecule has 2 aliphatic heterocycles. The molecule has 0 spiro atoms. The molecule has 2 aliphatic rings. The van der Waals surface area contributed by atoms with Gasteiger partial charge in [0.15, 0.2) is 0 Å². The Morgan fingerprint density at radius 3 is 1.31 bits per heavy atom. The van der Waals surface area contributed by atoms with E-state index in [1.54, 1.807) is 0 Å². The van der Waals surface area contributed by atoms with Gasteiger partial charge in [-0.15, -0.1) is 0 Å². The highest BCUT2D eigenvalue weighted by atomic mass is 15.2. The zero-order chi connectivity index (χ0) is 25.0. The van der Waals surface area contributed by atoms with Gasteiger partial charge in [0, 0.05) is 45.5 Å². The number of aromatic nitrogens is 4. The first-order valence-corrected chi connectivity index (χ1v) is 13.0. The van der Waals surface area contributed by atoms with E-state index < -0.39 is 0 Å². The van der Waals surface area contributed by atoms with E-state index in [0.717, 1.165) is 0 Å². The molecule has 0 atom stereocenters. The number of rotatable bonds is 0. The largest absolute Gasteiger partial charge is 0.303 e. The molecular formula is C30H35BN4. The summed E-state index contributed by atoms with van der Waals surface area (Å²) in [6.07, 6.45) is 0. The Bertz CT molecular complexity index is 1680. The van der Waals surface area contributed by atoms with E-state index in [2.05, 4.69) is 106 Å². The van der Waals surface area contributed by atoms with Crippen molar-refractivity contribution in [2.75, 3.05) is 0 Å². The van der Waals surface area contributed by atoms with Crippen LogP contribution in [0.15, 0.2) is 12.1 Å². The Kier molecular flexibility index (Phi) is 3.64. The van der Waals surface area contributed by atoms with E-state index >= 15 is 0 Å². The van der Waals surface area contributed by atoms with Gasteiger partial charge in [-0.25, -0.2) is 0 Å². The predicted molar refractivity (Wildman–Crippen MR) is 148 cm³/mol. The number of hydrogen-bond acceptors (Lipinski definition) is 0. The highest BCUT2D eigenvalue weighted by molar-refractivity contribution is 7.00. The van der Waals surface area contributed by atoms with Crippen LogP contribution in [0.4, 0.5) is 0 Å². The van der Waals surface area contributed by atoms with Crippen LogP contribution in [0, 0.1) is 55.4 Å². The first kappa shape index (κ1) is 21.2. The third-order valence-electron chi connectivity index (χ3n) is 9.63.